The molecule has 0 spiro atoms. The first-order valence-corrected chi connectivity index (χ1v) is 1.79. The van der Waals surface area contributed by atoms with Gasteiger partial charge in [-0.1, -0.05) is 0 Å². The van der Waals surface area contributed by atoms with Crippen molar-refractivity contribution in [3.8, 4) is 6.07 Å². The summed E-state index contributed by atoms with van der Waals surface area (Å²) in [6.07, 6.45) is 0. The molecule has 0 aromatic heterocycles. The molecule has 2 nitrogen and oxygen atoms in total. The monoisotopic (exact) mass is 83.1 g/mol. The number of hydrogen-bond donors (Lipinski definition) is 0. The molecule has 28 valence electrons. The Morgan fingerprint density at radius 1 is 1.86 bits per heavy atom. The van der Waals surface area contributed by atoms with E-state index in [0.717, 1.165) is 0 Å². The Balaban J connectivity index is 0. The van der Waals surface area contributed by atoms with Crippen molar-refractivity contribution in [2.24, 2.45) is 0 Å². The third kappa shape index (κ3) is 6.64. The number of nitrogens with zero attached hydrogens (tertiary/aromatic N) is 1. The van der Waals surface area contributed by atoms with Gasteiger partial charge in [0.25, 0.3) is 0 Å². The van der Waals surface area contributed by atoms with Crippen molar-refractivity contribution < 1.29 is 24.0 Å². The molecule has 0 saturated carbocycles. The standard InChI is InChI=1S/C3H3NO.2Li/c4-2-1-3-5;;/h1H,3H2;;/q-1;;+1. The summed E-state index contributed by atoms with van der Waals surface area (Å²) in [7, 11) is 0. The van der Waals surface area contributed by atoms with Crippen LogP contribution in [0.5, 0.6) is 0 Å². The van der Waals surface area contributed by atoms with Crippen LogP contribution < -0.4 is 24.0 Å². The van der Waals surface area contributed by atoms with Crippen LogP contribution in [0.3, 0.4) is 0 Å². The molecule has 0 fully saturated rings. The summed E-state index contributed by atoms with van der Waals surface area (Å²) in [5, 5.41) is 17.5. The van der Waals surface area contributed by atoms with Crippen molar-refractivity contribution in [2.75, 3.05) is 6.61 Å². The van der Waals surface area contributed by atoms with Crippen molar-refractivity contribution in [3.63, 3.8) is 0 Å². The molecule has 0 N–H and O–H groups in total. The van der Waals surface area contributed by atoms with E-state index in [4.69, 9.17) is 5.26 Å². The van der Waals surface area contributed by atoms with Gasteiger partial charge in [0.2, 0.25) is 0 Å². The molecule has 1 unspecified atom stereocenters. The molecule has 0 amide bonds. The first-order chi connectivity index (χ1) is 2.81. The van der Waals surface area contributed by atoms with Gasteiger partial charge in [0, 0.05) is 0 Å². The normalized spacial score (nSPS) is 11.1. The fraction of sp³-hybridized carbons (Fsp3) is 0.667. The topological polar surface area (TPSA) is 46.8 Å². The molecule has 0 aliphatic carbocycles. The molecular formula is C3H3Li2NO. The minimum atomic E-state index is -0.315. The van der Waals surface area contributed by atoms with Gasteiger partial charge in [0.05, 0.1) is 0 Å². The Hall–Kier alpha value is 0.645. The zero-order valence-corrected chi connectivity index (χ0v) is 4.64. The fourth-order valence-corrected chi connectivity index (χ4v) is 0.0373. The van der Waals surface area contributed by atoms with Gasteiger partial charge in [-0.2, -0.15) is 0 Å². The summed E-state index contributed by atoms with van der Waals surface area (Å²) >= 11 is 1.60. The van der Waals surface area contributed by atoms with Gasteiger partial charge >= 0.3 is 64.2 Å². The van der Waals surface area contributed by atoms with Crippen molar-refractivity contribution in [3.05, 3.63) is 0 Å². The molecule has 0 aromatic carbocycles. The summed E-state index contributed by atoms with van der Waals surface area (Å²) < 4.78 is -0.315. The maximum atomic E-state index is 9.64. The molecular weight excluding hydrogens is 79.9 g/mol. The van der Waals surface area contributed by atoms with Crippen molar-refractivity contribution in [2.45, 2.75) is 4.59 Å². The van der Waals surface area contributed by atoms with Crippen LogP contribution in [-0.2, 0) is 0 Å². The van der Waals surface area contributed by atoms with Crippen LogP contribution in [0.15, 0.2) is 0 Å². The molecule has 4 heteroatoms. The van der Waals surface area contributed by atoms with E-state index >= 15 is 0 Å². The van der Waals surface area contributed by atoms with Crippen LogP contribution in [0, 0.1) is 11.3 Å². The van der Waals surface area contributed by atoms with Gasteiger partial charge in [0.15, 0.2) is 0 Å². The Morgan fingerprint density at radius 3 is 2.29 bits per heavy atom. The Bertz CT molecular complexity index is 69.8. The van der Waals surface area contributed by atoms with Crippen LogP contribution in [0.2, 0.25) is 4.59 Å². The first-order valence-electron chi connectivity index (χ1n) is 1.79. The zero-order chi connectivity index (χ0) is 4.99. The summed E-state index contributed by atoms with van der Waals surface area (Å²) in [5.41, 5.74) is 0. The quantitative estimate of drug-likeness (QED) is 0.302. The Morgan fingerprint density at radius 2 is 2.29 bits per heavy atom. The second kappa shape index (κ2) is 6.64. The van der Waals surface area contributed by atoms with E-state index in [9.17, 15) is 5.11 Å². The number of rotatable bonds is 1. The first kappa shape index (κ1) is 10.6. The van der Waals surface area contributed by atoms with Gasteiger partial charge < -0.3 is 0 Å². The molecule has 0 heterocycles. The maximum absolute atomic E-state index is 9.64. The Labute approximate surface area is 64.3 Å². The minimum absolute atomic E-state index is 0. The Kier molecular flexibility index (Phi) is 10.1. The summed E-state index contributed by atoms with van der Waals surface area (Å²) in [4.78, 5) is 0. The molecule has 0 aliphatic heterocycles. The third-order valence-electron chi connectivity index (χ3n) is 0.470. The predicted molar refractivity (Wildman–Crippen MR) is 20.0 cm³/mol. The number of nitriles is 1. The van der Waals surface area contributed by atoms with E-state index in [0.29, 0.717) is 0 Å². The van der Waals surface area contributed by atoms with Crippen LogP contribution >= 0.6 is 0 Å². The van der Waals surface area contributed by atoms with Crippen LogP contribution in [0.25, 0.3) is 0 Å². The molecule has 0 saturated heterocycles. The molecule has 0 aliphatic rings. The summed E-state index contributed by atoms with van der Waals surface area (Å²) in [5.74, 6) is 0. The van der Waals surface area contributed by atoms with E-state index in [1.165, 1.54) is 0 Å². The van der Waals surface area contributed by atoms with Crippen molar-refractivity contribution >= 4 is 17.7 Å². The molecule has 0 bridgehead atoms. The average Bonchev–Trinajstić information content (AvgIpc) is 1.65. The van der Waals surface area contributed by atoms with Gasteiger partial charge in [-0.05, 0) is 0 Å². The van der Waals surface area contributed by atoms with Crippen LogP contribution in [-0.4, -0.2) is 24.3 Å². The van der Waals surface area contributed by atoms with Gasteiger partial charge in [-0.3, -0.25) is 0 Å². The third-order valence-corrected chi connectivity index (χ3v) is 0.470. The summed E-state index contributed by atoms with van der Waals surface area (Å²) in [6, 6.07) is 1.80. The van der Waals surface area contributed by atoms with Gasteiger partial charge in [0.1, 0.15) is 0 Å². The van der Waals surface area contributed by atoms with E-state index in [1.807, 2.05) is 0 Å². The summed E-state index contributed by atoms with van der Waals surface area (Å²) in [6.45, 7) is -0.281. The molecule has 1 atom stereocenters. The molecule has 7 heavy (non-hydrogen) atoms. The SMILES string of the molecule is [Li+].[Li][CH](C#N)C[O-]. The van der Waals surface area contributed by atoms with Crippen LogP contribution in [0.1, 0.15) is 0 Å². The van der Waals surface area contributed by atoms with Gasteiger partial charge in [-0.25, -0.2) is 0 Å². The van der Waals surface area contributed by atoms with E-state index in [-0.39, 0.29) is 30.1 Å². The van der Waals surface area contributed by atoms with E-state index in [1.54, 1.807) is 23.8 Å². The number of hydrogen-bond acceptors (Lipinski definition) is 2. The average molecular weight is 82.9 g/mol. The second-order valence-electron chi connectivity index (χ2n) is 1.20. The fourth-order valence-electron chi connectivity index (χ4n) is 0.0373. The van der Waals surface area contributed by atoms with Crippen LogP contribution in [0.4, 0.5) is 0 Å². The second-order valence-corrected chi connectivity index (χ2v) is 1.20. The van der Waals surface area contributed by atoms with Gasteiger partial charge in [-0.15, -0.1) is 0 Å². The van der Waals surface area contributed by atoms with E-state index in [2.05, 4.69) is 0 Å². The molecule has 0 rings (SSSR count). The van der Waals surface area contributed by atoms with Crippen molar-refractivity contribution in [1.29, 1.82) is 5.26 Å². The molecule has 0 radical (unpaired) electrons. The predicted octanol–water partition coefficient (Wildman–Crippen LogP) is -4.17. The zero-order valence-electron chi connectivity index (χ0n) is 4.64. The van der Waals surface area contributed by atoms with E-state index < -0.39 is 0 Å². The van der Waals surface area contributed by atoms with Crippen molar-refractivity contribution in [1.82, 2.24) is 0 Å². The molecule has 0 aromatic rings.